The lowest BCUT2D eigenvalue weighted by molar-refractivity contribution is 0.304. The SMILES string of the molecule is CCCCCCCOc1ccc2c(c1)CCc1nn(CCC)c(=O)n1-2. The number of unbranched alkanes of at least 4 members (excludes halogenated alkanes) is 4. The number of hydrogen-bond donors (Lipinski definition) is 0. The van der Waals surface area contributed by atoms with Crippen LogP contribution in [0.3, 0.4) is 0 Å². The van der Waals surface area contributed by atoms with E-state index in [1.165, 1.54) is 31.2 Å². The van der Waals surface area contributed by atoms with E-state index in [9.17, 15) is 4.79 Å². The third-order valence-electron chi connectivity index (χ3n) is 4.77. The highest BCUT2D eigenvalue weighted by atomic mass is 16.5. The van der Waals surface area contributed by atoms with Crippen LogP contribution in [0, 0.1) is 0 Å². The molecule has 0 saturated carbocycles. The van der Waals surface area contributed by atoms with Crippen molar-refractivity contribution in [1.82, 2.24) is 14.3 Å². The molecule has 0 N–H and O–H groups in total. The minimum Gasteiger partial charge on any atom is -0.494 e. The molecule has 0 saturated heterocycles. The molecule has 0 atom stereocenters. The lowest BCUT2D eigenvalue weighted by Crippen LogP contribution is -2.26. The van der Waals surface area contributed by atoms with Gasteiger partial charge in [0.2, 0.25) is 0 Å². The highest BCUT2D eigenvalue weighted by Crippen LogP contribution is 2.26. The first-order valence-electron chi connectivity index (χ1n) is 9.69. The number of hydrogen-bond acceptors (Lipinski definition) is 3. The summed E-state index contributed by atoms with van der Waals surface area (Å²) >= 11 is 0. The predicted molar refractivity (Wildman–Crippen MR) is 99.8 cm³/mol. The van der Waals surface area contributed by atoms with Crippen LogP contribution >= 0.6 is 0 Å². The molecule has 0 fully saturated rings. The molecule has 0 aliphatic carbocycles. The molecule has 1 aliphatic rings. The summed E-state index contributed by atoms with van der Waals surface area (Å²) < 4.78 is 9.26. The van der Waals surface area contributed by atoms with E-state index >= 15 is 0 Å². The summed E-state index contributed by atoms with van der Waals surface area (Å²) in [5, 5.41) is 4.48. The number of aryl methyl sites for hydroxylation is 3. The van der Waals surface area contributed by atoms with Crippen LogP contribution < -0.4 is 10.4 Å². The number of rotatable bonds is 9. The van der Waals surface area contributed by atoms with Gasteiger partial charge < -0.3 is 4.74 Å². The Balaban J connectivity index is 1.69. The molecule has 2 heterocycles. The van der Waals surface area contributed by atoms with Crippen LogP contribution in [0.2, 0.25) is 0 Å². The number of aromatic nitrogens is 3. The second-order valence-corrected chi connectivity index (χ2v) is 6.81. The van der Waals surface area contributed by atoms with E-state index in [1.807, 2.05) is 12.1 Å². The molecule has 1 aromatic heterocycles. The van der Waals surface area contributed by atoms with Crippen molar-refractivity contribution in [2.24, 2.45) is 0 Å². The lowest BCUT2D eigenvalue weighted by atomic mass is 10.0. The molecule has 0 bridgehead atoms. The first kappa shape index (κ1) is 17.8. The Morgan fingerprint density at radius 1 is 1.08 bits per heavy atom. The molecule has 5 nitrogen and oxygen atoms in total. The van der Waals surface area contributed by atoms with Gasteiger partial charge in [-0.05, 0) is 43.0 Å². The van der Waals surface area contributed by atoms with E-state index in [0.717, 1.165) is 49.6 Å². The Labute approximate surface area is 149 Å². The molecule has 136 valence electrons. The maximum atomic E-state index is 12.6. The summed E-state index contributed by atoms with van der Waals surface area (Å²) in [7, 11) is 0. The van der Waals surface area contributed by atoms with Crippen LogP contribution in [0.15, 0.2) is 23.0 Å². The van der Waals surface area contributed by atoms with Gasteiger partial charge in [0.1, 0.15) is 11.6 Å². The number of fused-ring (bicyclic) bond motifs is 3. The van der Waals surface area contributed by atoms with Gasteiger partial charge in [0.05, 0.1) is 12.3 Å². The molecule has 25 heavy (non-hydrogen) atoms. The van der Waals surface area contributed by atoms with Crippen molar-refractivity contribution < 1.29 is 4.74 Å². The minimum absolute atomic E-state index is 0.0256. The Kier molecular flexibility index (Phi) is 5.95. The molecular weight excluding hydrogens is 314 g/mol. The fourth-order valence-electron chi connectivity index (χ4n) is 3.43. The molecular formula is C20H29N3O2. The van der Waals surface area contributed by atoms with Gasteiger partial charge in [-0.3, -0.25) is 0 Å². The van der Waals surface area contributed by atoms with Gasteiger partial charge in [-0.25, -0.2) is 14.0 Å². The van der Waals surface area contributed by atoms with Crippen LogP contribution in [0.25, 0.3) is 5.69 Å². The van der Waals surface area contributed by atoms with Crippen molar-refractivity contribution in [2.75, 3.05) is 6.61 Å². The lowest BCUT2D eigenvalue weighted by Gasteiger charge is -2.18. The van der Waals surface area contributed by atoms with Gasteiger partial charge in [-0.1, -0.05) is 39.5 Å². The third kappa shape index (κ3) is 3.97. The van der Waals surface area contributed by atoms with E-state index in [-0.39, 0.29) is 5.69 Å². The van der Waals surface area contributed by atoms with Crippen LogP contribution in [0.4, 0.5) is 0 Å². The van der Waals surface area contributed by atoms with E-state index in [4.69, 9.17) is 4.74 Å². The second kappa shape index (κ2) is 8.37. The second-order valence-electron chi connectivity index (χ2n) is 6.81. The number of nitrogens with zero attached hydrogens (tertiary/aromatic N) is 3. The summed E-state index contributed by atoms with van der Waals surface area (Å²) in [6, 6.07) is 6.07. The van der Waals surface area contributed by atoms with Gasteiger partial charge in [0.15, 0.2) is 0 Å². The molecule has 0 unspecified atom stereocenters. The number of benzene rings is 1. The largest absolute Gasteiger partial charge is 0.494 e. The van der Waals surface area contributed by atoms with E-state index in [1.54, 1.807) is 9.25 Å². The Hall–Kier alpha value is -2.04. The molecule has 0 radical (unpaired) electrons. The van der Waals surface area contributed by atoms with Crippen LogP contribution in [0.5, 0.6) is 5.75 Å². The monoisotopic (exact) mass is 343 g/mol. The molecule has 1 aliphatic heterocycles. The average Bonchev–Trinajstić information content (AvgIpc) is 2.94. The van der Waals surface area contributed by atoms with Gasteiger partial charge >= 0.3 is 5.69 Å². The fraction of sp³-hybridized carbons (Fsp3) is 0.600. The fourth-order valence-corrected chi connectivity index (χ4v) is 3.43. The van der Waals surface area contributed by atoms with Crippen molar-refractivity contribution in [3.8, 4) is 11.4 Å². The first-order valence-corrected chi connectivity index (χ1v) is 9.69. The van der Waals surface area contributed by atoms with E-state index < -0.39 is 0 Å². The summed E-state index contributed by atoms with van der Waals surface area (Å²) in [5.41, 5.74) is 2.11. The number of ether oxygens (including phenoxy) is 1. The third-order valence-corrected chi connectivity index (χ3v) is 4.77. The smallest absolute Gasteiger partial charge is 0.350 e. The zero-order valence-electron chi connectivity index (χ0n) is 15.5. The van der Waals surface area contributed by atoms with Gasteiger partial charge in [-0.2, -0.15) is 5.10 Å². The Morgan fingerprint density at radius 3 is 2.72 bits per heavy atom. The summed E-state index contributed by atoms with van der Waals surface area (Å²) in [4.78, 5) is 12.6. The van der Waals surface area contributed by atoms with Crippen molar-refractivity contribution in [3.63, 3.8) is 0 Å². The molecule has 0 spiro atoms. The van der Waals surface area contributed by atoms with Gasteiger partial charge in [0.25, 0.3) is 0 Å². The normalized spacial score (nSPS) is 12.7. The maximum Gasteiger partial charge on any atom is 0.350 e. The zero-order valence-corrected chi connectivity index (χ0v) is 15.5. The quantitative estimate of drug-likeness (QED) is 0.649. The topological polar surface area (TPSA) is 49.1 Å². The van der Waals surface area contributed by atoms with Gasteiger partial charge in [0, 0.05) is 13.0 Å². The van der Waals surface area contributed by atoms with Crippen LogP contribution in [0.1, 0.15) is 63.8 Å². The summed E-state index contributed by atoms with van der Waals surface area (Å²) in [5.74, 6) is 1.78. The highest BCUT2D eigenvalue weighted by Gasteiger charge is 2.22. The van der Waals surface area contributed by atoms with Crippen molar-refractivity contribution in [2.45, 2.75) is 71.8 Å². The minimum atomic E-state index is -0.0256. The Morgan fingerprint density at radius 2 is 1.92 bits per heavy atom. The standard InChI is InChI=1S/C20H29N3O2/c1-3-5-6-7-8-14-25-17-10-11-18-16(15-17)9-12-19-21-22(13-4-2)20(24)23(18)19/h10-11,15H,3-9,12-14H2,1-2H3. The van der Waals surface area contributed by atoms with Crippen molar-refractivity contribution in [1.29, 1.82) is 0 Å². The summed E-state index contributed by atoms with van der Waals surface area (Å²) in [6.45, 7) is 5.73. The zero-order chi connectivity index (χ0) is 17.6. The van der Waals surface area contributed by atoms with Crippen molar-refractivity contribution >= 4 is 0 Å². The van der Waals surface area contributed by atoms with Crippen LogP contribution in [-0.4, -0.2) is 21.0 Å². The first-order chi connectivity index (χ1) is 12.2. The van der Waals surface area contributed by atoms with E-state index in [2.05, 4.69) is 25.0 Å². The highest BCUT2D eigenvalue weighted by molar-refractivity contribution is 5.48. The van der Waals surface area contributed by atoms with E-state index in [0.29, 0.717) is 6.54 Å². The summed E-state index contributed by atoms with van der Waals surface area (Å²) in [6.07, 6.45) is 8.82. The average molecular weight is 343 g/mol. The molecule has 1 aromatic carbocycles. The maximum absolute atomic E-state index is 12.6. The molecule has 0 amide bonds. The molecule has 5 heteroatoms. The Bertz CT molecular complexity index is 761. The van der Waals surface area contributed by atoms with Crippen LogP contribution in [-0.2, 0) is 19.4 Å². The van der Waals surface area contributed by atoms with Gasteiger partial charge in [-0.15, -0.1) is 0 Å². The molecule has 2 aromatic rings. The molecule has 3 rings (SSSR count). The van der Waals surface area contributed by atoms with Crippen molar-refractivity contribution in [3.05, 3.63) is 40.1 Å². The predicted octanol–water partition coefficient (Wildman–Crippen LogP) is 3.89.